The lowest BCUT2D eigenvalue weighted by Gasteiger charge is -2.21. The van der Waals surface area contributed by atoms with Crippen LogP contribution in [0.3, 0.4) is 0 Å². The van der Waals surface area contributed by atoms with Crippen molar-refractivity contribution in [1.29, 1.82) is 0 Å². The molecule has 0 heterocycles. The molecular weight excluding hydrogens is 168 g/mol. The summed E-state index contributed by atoms with van der Waals surface area (Å²) in [7, 11) is 1.05. The van der Waals surface area contributed by atoms with Gasteiger partial charge in [-0.3, -0.25) is 9.59 Å². The summed E-state index contributed by atoms with van der Waals surface area (Å²) in [6.45, 7) is 0. The molecule has 0 spiro atoms. The van der Waals surface area contributed by atoms with Crippen molar-refractivity contribution in [3.63, 3.8) is 0 Å². The van der Waals surface area contributed by atoms with Crippen LogP contribution in [-0.2, 0) is 14.3 Å². The number of aliphatic hydroxyl groups is 1. The molecule has 0 aromatic heterocycles. The van der Waals surface area contributed by atoms with E-state index in [1.54, 1.807) is 0 Å². The Hall–Kier alpha value is -1.14. The summed E-state index contributed by atoms with van der Waals surface area (Å²) < 4.78 is 4.35. The molecule has 70 valence electrons. The molecule has 0 radical (unpaired) electrons. The van der Waals surface area contributed by atoms with Crippen LogP contribution in [0, 0.1) is 0 Å². The summed E-state index contributed by atoms with van der Waals surface area (Å²) in [6, 6.07) is 0. The molecule has 0 unspecified atom stereocenters. The zero-order valence-electron chi connectivity index (χ0n) is 6.48. The molecule has 0 amide bonds. The SMILES string of the molecule is COC(O)(CC(=O)O)CC(=O)O. The number of carbonyl (C=O) groups is 2. The van der Waals surface area contributed by atoms with E-state index in [9.17, 15) is 14.7 Å². The molecule has 0 aliphatic carbocycles. The van der Waals surface area contributed by atoms with Gasteiger partial charge in [0.1, 0.15) is 0 Å². The van der Waals surface area contributed by atoms with E-state index in [4.69, 9.17) is 10.2 Å². The number of rotatable bonds is 5. The van der Waals surface area contributed by atoms with Crippen LogP contribution in [0.15, 0.2) is 0 Å². The third kappa shape index (κ3) is 3.89. The number of hydrogen-bond donors (Lipinski definition) is 3. The third-order valence-corrected chi connectivity index (χ3v) is 1.23. The Morgan fingerprint density at radius 2 is 1.58 bits per heavy atom. The molecule has 3 N–H and O–H groups in total. The molecular formula is C6H10O6. The summed E-state index contributed by atoms with van der Waals surface area (Å²) in [5.74, 6) is -4.75. The standard InChI is InChI=1S/C6H10O6/c1-12-6(11,2-4(7)8)3-5(9)10/h11H,2-3H2,1H3,(H,7,8)(H,9,10). The number of hydrogen-bond acceptors (Lipinski definition) is 4. The Balaban J connectivity index is 4.23. The Morgan fingerprint density at radius 1 is 1.25 bits per heavy atom. The van der Waals surface area contributed by atoms with Crippen LogP contribution in [0.2, 0.25) is 0 Å². The minimum absolute atomic E-state index is 0.754. The molecule has 0 atom stereocenters. The predicted molar refractivity (Wildman–Crippen MR) is 36.5 cm³/mol. The average Bonchev–Trinajstić information content (AvgIpc) is 1.83. The highest BCUT2D eigenvalue weighted by atomic mass is 16.6. The Bertz CT molecular complexity index is 170. The number of carboxylic acid groups (broad SMARTS) is 2. The predicted octanol–water partition coefficient (Wildman–Crippen LogP) is -0.729. The number of methoxy groups -OCH3 is 1. The smallest absolute Gasteiger partial charge is 0.308 e. The van der Waals surface area contributed by atoms with Gasteiger partial charge in [-0.15, -0.1) is 0 Å². The minimum Gasteiger partial charge on any atom is -0.481 e. The van der Waals surface area contributed by atoms with Gasteiger partial charge in [-0.2, -0.15) is 0 Å². The summed E-state index contributed by atoms with van der Waals surface area (Å²) in [6.07, 6.45) is -1.51. The average molecular weight is 178 g/mol. The van der Waals surface area contributed by atoms with Crippen LogP contribution in [0.25, 0.3) is 0 Å². The lowest BCUT2D eigenvalue weighted by atomic mass is 10.1. The second-order valence-corrected chi connectivity index (χ2v) is 2.29. The van der Waals surface area contributed by atoms with Gasteiger partial charge in [-0.1, -0.05) is 0 Å². The molecule has 0 saturated carbocycles. The van der Waals surface area contributed by atoms with Gasteiger partial charge < -0.3 is 20.1 Å². The van der Waals surface area contributed by atoms with Gasteiger partial charge in [0.15, 0.2) is 5.79 Å². The fourth-order valence-corrected chi connectivity index (χ4v) is 0.679. The van der Waals surface area contributed by atoms with Crippen molar-refractivity contribution in [2.45, 2.75) is 18.6 Å². The molecule has 0 aliphatic rings. The second-order valence-electron chi connectivity index (χ2n) is 2.29. The molecule has 0 fully saturated rings. The van der Waals surface area contributed by atoms with E-state index >= 15 is 0 Å². The van der Waals surface area contributed by atoms with E-state index in [1.165, 1.54) is 0 Å². The van der Waals surface area contributed by atoms with Crippen LogP contribution in [0.5, 0.6) is 0 Å². The Morgan fingerprint density at radius 3 is 1.75 bits per heavy atom. The van der Waals surface area contributed by atoms with E-state index < -0.39 is 30.6 Å². The Kier molecular flexibility index (Phi) is 3.65. The highest BCUT2D eigenvalue weighted by Gasteiger charge is 2.32. The maximum Gasteiger partial charge on any atom is 0.308 e. The number of ether oxygens (including phenoxy) is 1. The maximum absolute atomic E-state index is 10.1. The molecule has 12 heavy (non-hydrogen) atoms. The van der Waals surface area contributed by atoms with Crippen molar-refractivity contribution >= 4 is 11.9 Å². The van der Waals surface area contributed by atoms with Gasteiger partial charge in [0, 0.05) is 7.11 Å². The molecule has 0 aromatic rings. The zero-order chi connectivity index (χ0) is 9.78. The molecule has 0 aliphatic heterocycles. The van der Waals surface area contributed by atoms with Crippen molar-refractivity contribution < 1.29 is 29.6 Å². The number of carboxylic acids is 2. The van der Waals surface area contributed by atoms with Crippen molar-refractivity contribution in [3.8, 4) is 0 Å². The highest BCUT2D eigenvalue weighted by Crippen LogP contribution is 2.15. The maximum atomic E-state index is 10.1. The van der Waals surface area contributed by atoms with Gasteiger partial charge in [0.2, 0.25) is 0 Å². The van der Waals surface area contributed by atoms with Gasteiger partial charge in [-0.05, 0) is 0 Å². The van der Waals surface area contributed by atoms with Gasteiger partial charge in [0.25, 0.3) is 0 Å². The molecule has 0 bridgehead atoms. The van der Waals surface area contributed by atoms with Crippen LogP contribution >= 0.6 is 0 Å². The first-order valence-corrected chi connectivity index (χ1v) is 3.11. The molecule has 6 nitrogen and oxygen atoms in total. The van der Waals surface area contributed by atoms with Gasteiger partial charge in [0.05, 0.1) is 12.8 Å². The molecule has 0 aromatic carbocycles. The van der Waals surface area contributed by atoms with Crippen molar-refractivity contribution in [2.24, 2.45) is 0 Å². The largest absolute Gasteiger partial charge is 0.481 e. The molecule has 0 saturated heterocycles. The van der Waals surface area contributed by atoms with E-state index in [2.05, 4.69) is 4.74 Å². The van der Waals surface area contributed by atoms with E-state index in [0.29, 0.717) is 0 Å². The van der Waals surface area contributed by atoms with Gasteiger partial charge in [-0.25, -0.2) is 0 Å². The fraction of sp³-hybridized carbons (Fsp3) is 0.667. The van der Waals surface area contributed by atoms with Gasteiger partial charge >= 0.3 is 11.9 Å². The van der Waals surface area contributed by atoms with Crippen molar-refractivity contribution in [1.82, 2.24) is 0 Å². The summed E-state index contributed by atoms with van der Waals surface area (Å²) in [5.41, 5.74) is 0. The highest BCUT2D eigenvalue weighted by molar-refractivity contribution is 5.72. The van der Waals surface area contributed by atoms with E-state index in [1.807, 2.05) is 0 Å². The van der Waals surface area contributed by atoms with Crippen molar-refractivity contribution in [2.75, 3.05) is 7.11 Å². The number of aliphatic carboxylic acids is 2. The normalized spacial score (nSPS) is 11.2. The lowest BCUT2D eigenvalue weighted by Crippen LogP contribution is -2.36. The molecule has 0 rings (SSSR count). The summed E-state index contributed by atoms with van der Waals surface area (Å²) >= 11 is 0. The van der Waals surface area contributed by atoms with Crippen molar-refractivity contribution in [3.05, 3.63) is 0 Å². The Labute approximate surface area is 68.4 Å². The van der Waals surface area contributed by atoms with Crippen LogP contribution in [0.1, 0.15) is 12.8 Å². The first kappa shape index (κ1) is 10.9. The lowest BCUT2D eigenvalue weighted by molar-refractivity contribution is -0.205. The topological polar surface area (TPSA) is 104 Å². The first-order valence-electron chi connectivity index (χ1n) is 3.11. The third-order valence-electron chi connectivity index (χ3n) is 1.23. The molecule has 6 heteroatoms. The first-order chi connectivity index (χ1) is 5.39. The quantitative estimate of drug-likeness (QED) is 0.479. The zero-order valence-corrected chi connectivity index (χ0v) is 6.48. The monoisotopic (exact) mass is 178 g/mol. The van der Waals surface area contributed by atoms with E-state index in [-0.39, 0.29) is 0 Å². The van der Waals surface area contributed by atoms with Crippen LogP contribution < -0.4 is 0 Å². The fourth-order valence-electron chi connectivity index (χ4n) is 0.679. The summed E-state index contributed by atoms with van der Waals surface area (Å²) in [4.78, 5) is 20.2. The van der Waals surface area contributed by atoms with Crippen LogP contribution in [-0.4, -0.2) is 40.2 Å². The van der Waals surface area contributed by atoms with E-state index in [0.717, 1.165) is 7.11 Å². The van der Waals surface area contributed by atoms with Crippen LogP contribution in [0.4, 0.5) is 0 Å². The second kappa shape index (κ2) is 4.03. The minimum atomic E-state index is -2.11. The summed E-state index contributed by atoms with van der Waals surface area (Å²) in [5, 5.41) is 25.7.